The number of rotatable bonds is 9. The lowest BCUT2D eigenvalue weighted by Gasteiger charge is -2.23. The molecular weight excluding hydrogens is 410 g/mol. The number of amides is 1. The third kappa shape index (κ3) is 4.80. The second-order valence-electron chi connectivity index (χ2n) is 7.30. The third-order valence-corrected chi connectivity index (χ3v) is 5.19. The number of ether oxygens (including phenoxy) is 1. The predicted octanol–water partition coefficient (Wildman–Crippen LogP) is -1.72. The molecule has 13 nitrogen and oxygen atoms in total. The number of hydrogen-bond donors (Lipinski definition) is 6. The zero-order chi connectivity index (χ0) is 22.7. The number of nitrogens with one attached hydrogen (secondary N) is 1. The number of nitrogens with zero attached hydrogens (tertiary/aromatic N) is 4. The van der Waals surface area contributed by atoms with Crippen LogP contribution in [0.4, 0.5) is 5.82 Å². The van der Waals surface area contributed by atoms with Gasteiger partial charge < -0.3 is 36.8 Å². The normalized spacial score (nSPS) is 25.3. The SMILES string of the molecule is C=CC(=O)NC(CCC(N)C(=O)O)CC1OC(n2cnc3c(N)ncnc32)C(O)C1O. The summed E-state index contributed by atoms with van der Waals surface area (Å²) in [6, 6.07) is -1.67. The molecular formula is C18H25N7O6. The number of nitrogens with two attached hydrogens (primary N) is 2. The van der Waals surface area contributed by atoms with Crippen molar-refractivity contribution >= 4 is 28.9 Å². The molecule has 6 unspecified atom stereocenters. The van der Waals surface area contributed by atoms with Gasteiger partial charge in [0.05, 0.1) is 12.4 Å². The summed E-state index contributed by atoms with van der Waals surface area (Å²) >= 11 is 0. The smallest absolute Gasteiger partial charge is 0.320 e. The summed E-state index contributed by atoms with van der Waals surface area (Å²) in [5.41, 5.74) is 12.0. The highest BCUT2D eigenvalue weighted by atomic mass is 16.6. The highest BCUT2D eigenvalue weighted by Crippen LogP contribution is 2.34. The number of aliphatic hydroxyl groups is 2. The van der Waals surface area contributed by atoms with Gasteiger partial charge in [0.1, 0.15) is 30.1 Å². The van der Waals surface area contributed by atoms with Crippen LogP contribution in [0.1, 0.15) is 25.5 Å². The molecule has 0 radical (unpaired) electrons. The standard InChI is InChI=1S/C18H25N7O6/c1-2-11(26)24-8(3-4-9(19)18(29)30)5-10-13(27)14(28)17(31-10)25-7-23-12-15(20)21-6-22-16(12)25/h2,6-10,13-14,17,27-28H,1,3-5,19H2,(H,24,26)(H,29,30)(H2,20,21,22). The monoisotopic (exact) mass is 435 g/mol. The number of aliphatic carboxylic acids is 1. The topological polar surface area (TPSA) is 212 Å². The molecule has 0 bridgehead atoms. The van der Waals surface area contributed by atoms with Gasteiger partial charge in [0.15, 0.2) is 17.7 Å². The van der Waals surface area contributed by atoms with E-state index >= 15 is 0 Å². The number of imidazole rings is 1. The highest BCUT2D eigenvalue weighted by molar-refractivity contribution is 5.87. The summed E-state index contributed by atoms with van der Waals surface area (Å²) in [4.78, 5) is 34.9. The Labute approximate surface area is 176 Å². The van der Waals surface area contributed by atoms with E-state index in [9.17, 15) is 19.8 Å². The molecule has 1 amide bonds. The van der Waals surface area contributed by atoms with E-state index in [1.807, 2.05) is 0 Å². The molecule has 0 spiro atoms. The number of nitrogen functional groups attached to an aromatic ring is 1. The Morgan fingerprint density at radius 2 is 2.03 bits per heavy atom. The van der Waals surface area contributed by atoms with Crippen LogP contribution in [0, 0.1) is 0 Å². The Bertz CT molecular complexity index is 966. The van der Waals surface area contributed by atoms with Gasteiger partial charge in [-0.05, 0) is 25.3 Å². The van der Waals surface area contributed by atoms with Gasteiger partial charge in [-0.15, -0.1) is 0 Å². The van der Waals surface area contributed by atoms with E-state index in [1.165, 1.54) is 17.2 Å². The van der Waals surface area contributed by atoms with Crippen LogP contribution >= 0.6 is 0 Å². The van der Waals surface area contributed by atoms with Crippen LogP contribution in [-0.4, -0.2) is 77.1 Å². The van der Waals surface area contributed by atoms with E-state index in [4.69, 9.17) is 21.3 Å². The average molecular weight is 435 g/mol. The Kier molecular flexibility index (Phi) is 6.80. The average Bonchev–Trinajstić information content (AvgIpc) is 3.28. The van der Waals surface area contributed by atoms with Crippen molar-refractivity contribution in [3.63, 3.8) is 0 Å². The Morgan fingerprint density at radius 3 is 2.71 bits per heavy atom. The summed E-state index contributed by atoms with van der Waals surface area (Å²) < 4.78 is 7.32. The molecule has 2 aromatic rings. The molecule has 13 heteroatoms. The first-order chi connectivity index (χ1) is 14.7. The zero-order valence-corrected chi connectivity index (χ0v) is 16.5. The van der Waals surface area contributed by atoms with Gasteiger partial charge in [-0.1, -0.05) is 6.58 Å². The molecule has 8 N–H and O–H groups in total. The van der Waals surface area contributed by atoms with Gasteiger partial charge in [-0.2, -0.15) is 0 Å². The van der Waals surface area contributed by atoms with Crippen molar-refractivity contribution in [1.29, 1.82) is 0 Å². The molecule has 3 heterocycles. The first-order valence-corrected chi connectivity index (χ1v) is 9.58. The number of carbonyl (C=O) groups is 2. The largest absolute Gasteiger partial charge is 0.480 e. The predicted molar refractivity (Wildman–Crippen MR) is 107 cm³/mol. The van der Waals surface area contributed by atoms with Crippen molar-refractivity contribution in [3.05, 3.63) is 25.3 Å². The molecule has 0 aliphatic carbocycles. The first-order valence-electron chi connectivity index (χ1n) is 9.58. The minimum absolute atomic E-state index is 0.0918. The number of fused-ring (bicyclic) bond motifs is 1. The van der Waals surface area contributed by atoms with Crippen LogP contribution in [0.2, 0.25) is 0 Å². The molecule has 31 heavy (non-hydrogen) atoms. The van der Waals surface area contributed by atoms with Gasteiger partial charge >= 0.3 is 5.97 Å². The number of carboxylic acids is 1. The molecule has 1 fully saturated rings. The van der Waals surface area contributed by atoms with Crippen molar-refractivity contribution in [2.75, 3.05) is 5.73 Å². The summed E-state index contributed by atoms with van der Waals surface area (Å²) in [7, 11) is 0. The number of aliphatic hydroxyl groups excluding tert-OH is 2. The van der Waals surface area contributed by atoms with E-state index in [0.29, 0.717) is 11.2 Å². The van der Waals surface area contributed by atoms with Gasteiger partial charge in [0.2, 0.25) is 5.91 Å². The fourth-order valence-corrected chi connectivity index (χ4v) is 3.50. The lowest BCUT2D eigenvalue weighted by molar-refractivity contribution is -0.138. The third-order valence-electron chi connectivity index (χ3n) is 5.19. The maximum absolute atomic E-state index is 11.8. The highest BCUT2D eigenvalue weighted by Gasteiger charge is 2.45. The molecule has 1 aliphatic heterocycles. The van der Waals surface area contributed by atoms with Crippen molar-refractivity contribution in [1.82, 2.24) is 24.8 Å². The first kappa shape index (κ1) is 22.6. The lowest BCUT2D eigenvalue weighted by atomic mass is 9.97. The molecule has 1 aliphatic rings. The van der Waals surface area contributed by atoms with Crippen LogP contribution in [0.25, 0.3) is 11.2 Å². The van der Waals surface area contributed by atoms with Crippen molar-refractivity contribution in [2.24, 2.45) is 5.73 Å². The van der Waals surface area contributed by atoms with Crippen LogP contribution in [0.15, 0.2) is 25.3 Å². The fourth-order valence-electron chi connectivity index (χ4n) is 3.50. The Hall–Kier alpha value is -3.13. The zero-order valence-electron chi connectivity index (χ0n) is 16.5. The van der Waals surface area contributed by atoms with Crippen molar-refractivity contribution in [2.45, 2.75) is 55.9 Å². The number of carboxylic acid groups (broad SMARTS) is 1. The van der Waals surface area contributed by atoms with E-state index in [2.05, 4.69) is 26.8 Å². The number of carbonyl (C=O) groups excluding carboxylic acids is 1. The molecule has 3 rings (SSSR count). The van der Waals surface area contributed by atoms with Gasteiger partial charge in [0, 0.05) is 6.04 Å². The van der Waals surface area contributed by atoms with E-state index in [-0.39, 0.29) is 25.1 Å². The van der Waals surface area contributed by atoms with Crippen molar-refractivity contribution in [3.8, 4) is 0 Å². The lowest BCUT2D eigenvalue weighted by Crippen LogP contribution is -2.41. The summed E-state index contributed by atoms with van der Waals surface area (Å²) in [6.07, 6.45) is -0.344. The fraction of sp³-hybridized carbons (Fsp3) is 0.500. The second kappa shape index (κ2) is 9.34. The molecule has 0 aromatic carbocycles. The molecule has 1 saturated heterocycles. The number of aromatic nitrogens is 4. The van der Waals surface area contributed by atoms with Gasteiger partial charge in [-0.3, -0.25) is 14.2 Å². The summed E-state index contributed by atoms with van der Waals surface area (Å²) in [5, 5.41) is 32.8. The maximum atomic E-state index is 11.8. The maximum Gasteiger partial charge on any atom is 0.320 e. The van der Waals surface area contributed by atoms with Crippen LogP contribution < -0.4 is 16.8 Å². The molecule has 0 saturated carbocycles. The van der Waals surface area contributed by atoms with Crippen molar-refractivity contribution < 1.29 is 29.6 Å². The van der Waals surface area contributed by atoms with E-state index in [1.54, 1.807) is 0 Å². The van der Waals surface area contributed by atoms with Crippen LogP contribution in [0.3, 0.4) is 0 Å². The van der Waals surface area contributed by atoms with Gasteiger partial charge in [0.25, 0.3) is 0 Å². The second-order valence-corrected chi connectivity index (χ2v) is 7.30. The van der Waals surface area contributed by atoms with E-state index in [0.717, 1.165) is 6.08 Å². The molecule has 168 valence electrons. The summed E-state index contributed by atoms with van der Waals surface area (Å²) in [5.74, 6) is -1.46. The Balaban J connectivity index is 1.76. The van der Waals surface area contributed by atoms with E-state index < -0.39 is 48.5 Å². The Morgan fingerprint density at radius 1 is 1.29 bits per heavy atom. The molecule has 6 atom stereocenters. The minimum Gasteiger partial charge on any atom is -0.480 e. The molecule has 2 aromatic heterocycles. The van der Waals surface area contributed by atoms with Crippen LogP contribution in [-0.2, 0) is 14.3 Å². The van der Waals surface area contributed by atoms with Gasteiger partial charge in [-0.25, -0.2) is 15.0 Å². The number of anilines is 1. The quantitative estimate of drug-likeness (QED) is 0.244. The van der Waals surface area contributed by atoms with Crippen LogP contribution in [0.5, 0.6) is 0 Å². The minimum atomic E-state index is -1.31. The summed E-state index contributed by atoms with van der Waals surface area (Å²) in [6.45, 7) is 3.39. The number of hydrogen-bond acceptors (Lipinski definition) is 10.